The largest absolute Gasteiger partial charge is 0.310 e. The van der Waals surface area contributed by atoms with Crippen molar-refractivity contribution in [3.05, 3.63) is 88.3 Å². The Labute approximate surface area is 161 Å². The van der Waals surface area contributed by atoms with E-state index in [0.717, 1.165) is 22.6 Å². The summed E-state index contributed by atoms with van der Waals surface area (Å²) < 4.78 is 0. The third kappa shape index (κ3) is 4.25. The van der Waals surface area contributed by atoms with Gasteiger partial charge in [-0.25, -0.2) is 0 Å². The van der Waals surface area contributed by atoms with Crippen LogP contribution in [0.15, 0.2) is 71.9 Å². The molecule has 3 nitrogen and oxygen atoms in total. The maximum atomic E-state index is 11.1. The minimum atomic E-state index is 0.102. The molecule has 0 N–H and O–H groups in total. The molecule has 0 aliphatic rings. The van der Waals surface area contributed by atoms with E-state index in [2.05, 4.69) is 92.4 Å². The van der Waals surface area contributed by atoms with E-state index in [1.54, 1.807) is 6.07 Å². The minimum Gasteiger partial charge on any atom is -0.310 e. The first kappa shape index (κ1) is 18.8. The first-order chi connectivity index (χ1) is 12.8. The lowest BCUT2D eigenvalue weighted by atomic mass is 9.87. The fourth-order valence-electron chi connectivity index (χ4n) is 3.25. The number of nitroso groups, excluding NO2 is 1. The second-order valence-electron chi connectivity index (χ2n) is 8.09. The smallest absolute Gasteiger partial charge is 0.110 e. The lowest BCUT2D eigenvalue weighted by Gasteiger charge is -2.27. The number of rotatable bonds is 4. The van der Waals surface area contributed by atoms with Crippen LogP contribution >= 0.6 is 0 Å². The third-order valence-electron chi connectivity index (χ3n) is 4.66. The van der Waals surface area contributed by atoms with Crippen LogP contribution in [-0.2, 0) is 5.41 Å². The predicted molar refractivity (Wildman–Crippen MR) is 115 cm³/mol. The molecule has 0 aliphatic heterocycles. The summed E-state index contributed by atoms with van der Waals surface area (Å²) in [6, 6.07) is 22.7. The molecule has 0 saturated carbocycles. The zero-order valence-corrected chi connectivity index (χ0v) is 16.7. The number of hydrogen-bond acceptors (Lipinski definition) is 3. The second-order valence-corrected chi connectivity index (χ2v) is 8.09. The third-order valence-corrected chi connectivity index (χ3v) is 4.66. The first-order valence-corrected chi connectivity index (χ1v) is 9.20. The summed E-state index contributed by atoms with van der Waals surface area (Å²) in [5, 5.41) is 3.15. The molecule has 0 atom stereocenters. The molecule has 3 aromatic carbocycles. The molecule has 3 heteroatoms. The van der Waals surface area contributed by atoms with Gasteiger partial charge in [0.1, 0.15) is 5.69 Å². The summed E-state index contributed by atoms with van der Waals surface area (Å²) in [5.74, 6) is 0. The Bertz CT molecular complexity index is 953. The van der Waals surface area contributed by atoms with Crippen LogP contribution in [0.3, 0.4) is 0 Å². The highest BCUT2D eigenvalue weighted by atomic mass is 16.3. The van der Waals surface area contributed by atoms with E-state index < -0.39 is 0 Å². The number of aryl methyl sites for hydroxylation is 2. The lowest BCUT2D eigenvalue weighted by Crippen LogP contribution is -2.13. The monoisotopic (exact) mass is 358 g/mol. The number of anilines is 3. The van der Waals surface area contributed by atoms with Gasteiger partial charge in [-0.15, -0.1) is 4.91 Å². The van der Waals surface area contributed by atoms with Crippen LogP contribution < -0.4 is 4.90 Å². The van der Waals surface area contributed by atoms with Crippen LogP contribution in [0, 0.1) is 18.8 Å². The summed E-state index contributed by atoms with van der Waals surface area (Å²) in [6.45, 7) is 10.7. The van der Waals surface area contributed by atoms with E-state index in [1.165, 1.54) is 11.1 Å². The van der Waals surface area contributed by atoms with E-state index in [9.17, 15) is 4.91 Å². The molecule has 0 unspecified atom stereocenters. The molecule has 0 bridgehead atoms. The Hall–Kier alpha value is -2.94. The predicted octanol–water partition coefficient (Wildman–Crippen LogP) is 7.47. The van der Waals surface area contributed by atoms with Gasteiger partial charge in [-0.1, -0.05) is 45.0 Å². The van der Waals surface area contributed by atoms with Crippen molar-refractivity contribution in [2.24, 2.45) is 5.18 Å². The molecule has 0 aromatic heterocycles. The van der Waals surface area contributed by atoms with Crippen molar-refractivity contribution < 1.29 is 0 Å². The maximum Gasteiger partial charge on any atom is 0.110 e. The Morgan fingerprint density at radius 2 is 1.41 bits per heavy atom. The summed E-state index contributed by atoms with van der Waals surface area (Å²) in [6.07, 6.45) is 0. The second kappa shape index (κ2) is 7.36. The highest BCUT2D eigenvalue weighted by Crippen LogP contribution is 2.38. The van der Waals surface area contributed by atoms with Crippen LogP contribution in [0.4, 0.5) is 22.7 Å². The van der Waals surface area contributed by atoms with Crippen LogP contribution in [0.25, 0.3) is 0 Å². The van der Waals surface area contributed by atoms with Crippen molar-refractivity contribution in [1.82, 2.24) is 0 Å². The molecular formula is C24H26N2O. The molecule has 138 valence electrons. The fourth-order valence-corrected chi connectivity index (χ4v) is 3.25. The summed E-state index contributed by atoms with van der Waals surface area (Å²) in [5.41, 5.74) is 7.06. The molecule has 0 aliphatic carbocycles. The molecule has 0 amide bonds. The zero-order chi connectivity index (χ0) is 19.6. The normalized spacial score (nSPS) is 11.3. The van der Waals surface area contributed by atoms with Crippen LogP contribution in [0.2, 0.25) is 0 Å². The molecule has 0 spiro atoms. The zero-order valence-electron chi connectivity index (χ0n) is 16.7. The summed E-state index contributed by atoms with van der Waals surface area (Å²) in [4.78, 5) is 13.3. The van der Waals surface area contributed by atoms with Gasteiger partial charge < -0.3 is 4.90 Å². The topological polar surface area (TPSA) is 32.7 Å². The number of benzene rings is 3. The first-order valence-electron chi connectivity index (χ1n) is 9.20. The van der Waals surface area contributed by atoms with Crippen molar-refractivity contribution in [3.63, 3.8) is 0 Å². The van der Waals surface area contributed by atoms with Crippen molar-refractivity contribution >= 4 is 22.7 Å². The number of hydrogen-bond donors (Lipinski definition) is 0. The average Bonchev–Trinajstić information content (AvgIpc) is 2.61. The van der Waals surface area contributed by atoms with Gasteiger partial charge in [-0.3, -0.25) is 0 Å². The SMILES string of the molecule is Cc1cccc(N(c2ccc(C(C)(C)C)cc2)c2cc(C)cc(N=O)c2)c1. The van der Waals surface area contributed by atoms with Crippen molar-refractivity contribution in [3.8, 4) is 0 Å². The van der Waals surface area contributed by atoms with E-state index >= 15 is 0 Å². The molecule has 0 fully saturated rings. The van der Waals surface area contributed by atoms with E-state index in [-0.39, 0.29) is 5.41 Å². The van der Waals surface area contributed by atoms with Gasteiger partial charge in [0.05, 0.1) is 0 Å². The van der Waals surface area contributed by atoms with Crippen LogP contribution in [-0.4, -0.2) is 0 Å². The van der Waals surface area contributed by atoms with Gasteiger partial charge in [0.25, 0.3) is 0 Å². The van der Waals surface area contributed by atoms with Crippen molar-refractivity contribution in [2.75, 3.05) is 4.90 Å². The minimum absolute atomic E-state index is 0.102. The quantitative estimate of drug-likeness (QED) is 0.453. The molecule has 0 radical (unpaired) electrons. The summed E-state index contributed by atoms with van der Waals surface area (Å²) >= 11 is 0. The summed E-state index contributed by atoms with van der Waals surface area (Å²) in [7, 11) is 0. The van der Waals surface area contributed by atoms with Gasteiger partial charge in [0, 0.05) is 17.1 Å². The highest BCUT2D eigenvalue weighted by molar-refractivity contribution is 5.78. The molecular weight excluding hydrogens is 332 g/mol. The van der Waals surface area contributed by atoms with Gasteiger partial charge in [-0.2, -0.15) is 0 Å². The Morgan fingerprint density at radius 1 is 0.741 bits per heavy atom. The molecule has 3 aromatic rings. The van der Waals surface area contributed by atoms with Gasteiger partial charge in [-0.05, 0) is 83.6 Å². The van der Waals surface area contributed by atoms with E-state index in [1.807, 2.05) is 13.0 Å². The lowest BCUT2D eigenvalue weighted by molar-refractivity contribution is 0.590. The van der Waals surface area contributed by atoms with Crippen LogP contribution in [0.1, 0.15) is 37.5 Å². The number of nitrogens with zero attached hydrogens (tertiary/aromatic N) is 2. The molecule has 0 heterocycles. The Balaban J connectivity index is 2.16. The van der Waals surface area contributed by atoms with Crippen molar-refractivity contribution in [1.29, 1.82) is 0 Å². The van der Waals surface area contributed by atoms with Crippen LogP contribution in [0.5, 0.6) is 0 Å². The molecule has 0 saturated heterocycles. The van der Waals surface area contributed by atoms with Crippen molar-refractivity contribution in [2.45, 2.75) is 40.0 Å². The highest BCUT2D eigenvalue weighted by Gasteiger charge is 2.17. The standard InChI is InChI=1S/C24H26N2O/c1-17-7-6-8-22(14-17)26(23-15-18(2)13-20(16-23)25-27)21-11-9-19(10-12-21)24(3,4)5/h6-16H,1-5H3. The molecule has 3 rings (SSSR count). The Kier molecular flexibility index (Phi) is 5.13. The van der Waals surface area contributed by atoms with Gasteiger partial charge in [0.2, 0.25) is 0 Å². The average molecular weight is 358 g/mol. The molecule has 27 heavy (non-hydrogen) atoms. The Morgan fingerprint density at radius 3 is 2.00 bits per heavy atom. The maximum absolute atomic E-state index is 11.1. The van der Waals surface area contributed by atoms with Gasteiger partial charge in [0.15, 0.2) is 0 Å². The van der Waals surface area contributed by atoms with E-state index in [4.69, 9.17) is 0 Å². The fraction of sp³-hybridized carbons (Fsp3) is 0.250. The van der Waals surface area contributed by atoms with E-state index in [0.29, 0.717) is 5.69 Å². The van der Waals surface area contributed by atoms with Gasteiger partial charge >= 0.3 is 0 Å².